The highest BCUT2D eigenvalue weighted by Crippen LogP contribution is 2.30. The molecule has 0 spiro atoms. The van der Waals surface area contributed by atoms with Crippen LogP contribution in [0.25, 0.3) is 45.1 Å². The number of fused-ring (bicyclic) bond motifs is 1. The molecule has 0 aliphatic heterocycles. The summed E-state index contributed by atoms with van der Waals surface area (Å²) in [6.45, 7) is 0. The molecule has 29 heavy (non-hydrogen) atoms. The van der Waals surface area contributed by atoms with Crippen LogP contribution in [0.5, 0.6) is 0 Å². The van der Waals surface area contributed by atoms with E-state index in [2.05, 4.69) is 25.0 Å². The summed E-state index contributed by atoms with van der Waals surface area (Å²) in [6.07, 6.45) is 5.03. The van der Waals surface area contributed by atoms with Gasteiger partial charge in [0.25, 0.3) is 0 Å². The molecular weight excluding hydrogens is 374 g/mol. The fourth-order valence-electron chi connectivity index (χ4n) is 3.28. The van der Waals surface area contributed by atoms with Crippen LogP contribution in [0.4, 0.5) is 8.78 Å². The number of rotatable bonds is 3. The second-order valence-corrected chi connectivity index (χ2v) is 6.57. The van der Waals surface area contributed by atoms with Crippen LogP contribution in [-0.2, 0) is 7.05 Å². The van der Waals surface area contributed by atoms with Gasteiger partial charge in [-0.05, 0) is 36.4 Å². The molecule has 0 saturated carbocycles. The van der Waals surface area contributed by atoms with E-state index in [1.54, 1.807) is 36.4 Å². The van der Waals surface area contributed by atoms with Crippen molar-refractivity contribution in [1.29, 1.82) is 0 Å². The Labute approximate surface area is 163 Å². The Morgan fingerprint density at radius 3 is 2.55 bits per heavy atom. The van der Waals surface area contributed by atoms with Crippen molar-refractivity contribution >= 4 is 11.0 Å². The van der Waals surface area contributed by atoms with E-state index in [-0.39, 0.29) is 5.56 Å². The second-order valence-electron chi connectivity index (χ2n) is 6.57. The Morgan fingerprint density at radius 2 is 1.79 bits per heavy atom. The lowest BCUT2D eigenvalue weighted by Crippen LogP contribution is -1.95. The highest BCUT2D eigenvalue weighted by atomic mass is 19.1. The third-order valence-corrected chi connectivity index (χ3v) is 4.64. The number of aromatic nitrogens is 6. The number of benzene rings is 1. The van der Waals surface area contributed by atoms with Crippen molar-refractivity contribution in [2.24, 2.45) is 7.05 Å². The van der Waals surface area contributed by atoms with Crippen molar-refractivity contribution in [1.82, 2.24) is 29.7 Å². The lowest BCUT2D eigenvalue weighted by Gasteiger charge is -2.01. The zero-order chi connectivity index (χ0) is 20.0. The number of nitrogens with one attached hydrogen (secondary N) is 1. The minimum Gasteiger partial charge on any atom is -0.339 e. The minimum atomic E-state index is -0.633. The smallest absolute Gasteiger partial charge is 0.183 e. The summed E-state index contributed by atoms with van der Waals surface area (Å²) in [4.78, 5) is 16.1. The van der Waals surface area contributed by atoms with Crippen LogP contribution >= 0.6 is 0 Å². The first-order chi connectivity index (χ1) is 14.1. The second kappa shape index (κ2) is 6.59. The number of pyridine rings is 2. The van der Waals surface area contributed by atoms with Gasteiger partial charge >= 0.3 is 0 Å². The Bertz CT molecular complexity index is 1320. The van der Waals surface area contributed by atoms with Gasteiger partial charge in [-0.25, -0.2) is 23.4 Å². The van der Waals surface area contributed by atoms with Gasteiger partial charge in [-0.2, -0.15) is 5.10 Å². The lowest BCUT2D eigenvalue weighted by molar-refractivity contribution is 0.589. The average Bonchev–Trinajstić information content (AvgIpc) is 3.31. The van der Waals surface area contributed by atoms with Crippen LogP contribution in [-0.4, -0.2) is 29.7 Å². The molecule has 1 aromatic carbocycles. The average molecular weight is 388 g/mol. The maximum absolute atomic E-state index is 14.1. The van der Waals surface area contributed by atoms with Crippen LogP contribution in [0.3, 0.4) is 0 Å². The van der Waals surface area contributed by atoms with E-state index in [0.29, 0.717) is 28.4 Å². The van der Waals surface area contributed by atoms with Gasteiger partial charge < -0.3 is 4.98 Å². The van der Waals surface area contributed by atoms with Crippen molar-refractivity contribution in [3.8, 4) is 34.0 Å². The molecule has 0 amide bonds. The highest BCUT2D eigenvalue weighted by Gasteiger charge is 2.16. The molecule has 6 nitrogen and oxygen atoms in total. The first-order valence-electron chi connectivity index (χ1n) is 8.85. The third-order valence-electron chi connectivity index (χ3n) is 4.64. The number of hydrogen-bond acceptors (Lipinski definition) is 4. The van der Waals surface area contributed by atoms with Crippen molar-refractivity contribution < 1.29 is 8.78 Å². The molecule has 5 rings (SSSR count). The van der Waals surface area contributed by atoms with E-state index in [1.165, 1.54) is 18.2 Å². The molecule has 0 fully saturated rings. The maximum Gasteiger partial charge on any atom is 0.183 e. The molecule has 4 heterocycles. The molecule has 1 N–H and O–H groups in total. The summed E-state index contributed by atoms with van der Waals surface area (Å²) in [7, 11) is 1.80. The Morgan fingerprint density at radius 1 is 0.966 bits per heavy atom. The molecule has 0 bridgehead atoms. The highest BCUT2D eigenvalue weighted by molar-refractivity contribution is 5.86. The van der Waals surface area contributed by atoms with Crippen molar-refractivity contribution in [3.05, 3.63) is 72.7 Å². The predicted molar refractivity (Wildman–Crippen MR) is 105 cm³/mol. The number of hydrogen-bond donors (Lipinski definition) is 1. The number of nitrogens with zero attached hydrogens (tertiary/aromatic N) is 5. The molecule has 5 aromatic rings. The van der Waals surface area contributed by atoms with Crippen LogP contribution < -0.4 is 0 Å². The van der Waals surface area contributed by atoms with Crippen molar-refractivity contribution in [3.63, 3.8) is 0 Å². The quantitative estimate of drug-likeness (QED) is 0.498. The van der Waals surface area contributed by atoms with Crippen LogP contribution in [0.1, 0.15) is 0 Å². The number of H-pyrrole nitrogens is 1. The zero-order valence-electron chi connectivity index (χ0n) is 15.3. The van der Waals surface area contributed by atoms with E-state index in [1.807, 2.05) is 18.2 Å². The van der Waals surface area contributed by atoms with Gasteiger partial charge in [0.1, 0.15) is 17.3 Å². The molecule has 0 saturated heterocycles. The number of aryl methyl sites for hydroxylation is 1. The summed E-state index contributed by atoms with van der Waals surface area (Å²) < 4.78 is 29.9. The molecule has 0 aliphatic carbocycles. The summed E-state index contributed by atoms with van der Waals surface area (Å²) in [5, 5.41) is 5.16. The fourth-order valence-corrected chi connectivity index (χ4v) is 3.28. The number of halogens is 2. The fraction of sp³-hybridized carbons (Fsp3) is 0.0476. The molecule has 0 unspecified atom stereocenters. The first-order valence-corrected chi connectivity index (χ1v) is 8.85. The summed E-state index contributed by atoms with van der Waals surface area (Å²) in [6, 6.07) is 11.0. The summed E-state index contributed by atoms with van der Waals surface area (Å²) >= 11 is 0. The van der Waals surface area contributed by atoms with Gasteiger partial charge in [0, 0.05) is 42.2 Å². The van der Waals surface area contributed by atoms with E-state index >= 15 is 0 Å². The van der Waals surface area contributed by atoms with Gasteiger partial charge in [0.2, 0.25) is 0 Å². The van der Waals surface area contributed by atoms with Gasteiger partial charge in [-0.15, -0.1) is 0 Å². The van der Waals surface area contributed by atoms with Gasteiger partial charge in [0.05, 0.1) is 11.3 Å². The maximum atomic E-state index is 14.1. The topological polar surface area (TPSA) is 72.3 Å². The standard InChI is InChI=1S/C21H14F2N6/c1-29-21(27-20(28-29)12-4-3-7-24-10-12)14-8-13-9-17(26-19(13)25-11-14)18-15(22)5-2-6-16(18)23/h2-11H,1H3,(H,25,26). The van der Waals surface area contributed by atoms with E-state index < -0.39 is 11.6 Å². The Balaban J connectivity index is 1.59. The van der Waals surface area contributed by atoms with Crippen LogP contribution in [0.15, 0.2) is 61.1 Å². The predicted octanol–water partition coefficient (Wildman–Crippen LogP) is 4.37. The number of aromatic amines is 1. The largest absolute Gasteiger partial charge is 0.339 e. The molecular formula is C21H14F2N6. The van der Waals surface area contributed by atoms with Crippen LogP contribution in [0, 0.1) is 11.6 Å². The monoisotopic (exact) mass is 388 g/mol. The van der Waals surface area contributed by atoms with Crippen LogP contribution in [0.2, 0.25) is 0 Å². The van der Waals surface area contributed by atoms with Gasteiger partial charge in [0.15, 0.2) is 11.6 Å². The summed E-state index contributed by atoms with van der Waals surface area (Å²) in [5.74, 6) is -0.0886. The molecule has 4 aromatic heterocycles. The third kappa shape index (κ3) is 2.94. The SMILES string of the molecule is Cn1nc(-c2cccnc2)nc1-c1cnc2[nH]c(-c3c(F)cccc3F)cc2c1. The normalized spacial score (nSPS) is 11.3. The Hall–Kier alpha value is -3.94. The van der Waals surface area contributed by atoms with Gasteiger partial charge in [-0.3, -0.25) is 4.98 Å². The molecule has 142 valence electrons. The van der Waals surface area contributed by atoms with E-state index in [4.69, 9.17) is 0 Å². The molecule has 0 aliphatic rings. The van der Waals surface area contributed by atoms with E-state index in [0.717, 1.165) is 11.1 Å². The van der Waals surface area contributed by atoms with E-state index in [9.17, 15) is 8.78 Å². The molecule has 0 atom stereocenters. The molecule has 0 radical (unpaired) electrons. The summed E-state index contributed by atoms with van der Waals surface area (Å²) in [5.41, 5.74) is 2.30. The zero-order valence-corrected chi connectivity index (χ0v) is 15.3. The van der Waals surface area contributed by atoms with Gasteiger partial charge in [-0.1, -0.05) is 6.07 Å². The lowest BCUT2D eigenvalue weighted by atomic mass is 10.1. The van der Waals surface area contributed by atoms with Crippen molar-refractivity contribution in [2.45, 2.75) is 0 Å². The minimum absolute atomic E-state index is 0.107. The Kier molecular flexibility index (Phi) is 3.90. The first kappa shape index (κ1) is 17.2. The van der Waals surface area contributed by atoms with Crippen molar-refractivity contribution in [2.75, 3.05) is 0 Å². The molecule has 8 heteroatoms.